The number of carbonyl (C=O) groups is 1. The molecule has 0 unspecified atom stereocenters. The van der Waals surface area contributed by atoms with Crippen LogP contribution in [-0.2, 0) is 0 Å². The summed E-state index contributed by atoms with van der Waals surface area (Å²) in [4.78, 5) is 15.6. The zero-order valence-corrected chi connectivity index (χ0v) is 11.1. The molecule has 1 aliphatic rings. The first kappa shape index (κ1) is 12.7. The standard InChI is InChI=1S/C15H17N3O2/c19-15(18-12-3-4-12)17-8-9-20-13-5-6-14-11(10-13)2-1-7-16-14/h1-2,5-7,10,12H,3-4,8-9H2,(H2,17,18,19). The fourth-order valence-electron chi connectivity index (χ4n) is 1.94. The second kappa shape index (κ2) is 5.77. The molecule has 1 heterocycles. The summed E-state index contributed by atoms with van der Waals surface area (Å²) in [5.41, 5.74) is 0.946. The topological polar surface area (TPSA) is 63.2 Å². The smallest absolute Gasteiger partial charge is 0.315 e. The molecule has 5 heteroatoms. The molecule has 5 nitrogen and oxygen atoms in total. The van der Waals surface area contributed by atoms with Crippen molar-refractivity contribution in [3.8, 4) is 5.75 Å². The van der Waals surface area contributed by atoms with E-state index in [9.17, 15) is 4.79 Å². The number of nitrogens with one attached hydrogen (secondary N) is 2. The van der Waals surface area contributed by atoms with E-state index >= 15 is 0 Å². The van der Waals surface area contributed by atoms with Crippen molar-refractivity contribution in [1.29, 1.82) is 0 Å². The zero-order valence-electron chi connectivity index (χ0n) is 11.1. The number of fused-ring (bicyclic) bond motifs is 1. The Morgan fingerprint density at radius 2 is 2.25 bits per heavy atom. The highest BCUT2D eigenvalue weighted by atomic mass is 16.5. The van der Waals surface area contributed by atoms with Gasteiger partial charge in [0, 0.05) is 17.6 Å². The van der Waals surface area contributed by atoms with Gasteiger partial charge in [-0.25, -0.2) is 4.79 Å². The monoisotopic (exact) mass is 271 g/mol. The van der Waals surface area contributed by atoms with Gasteiger partial charge in [-0.15, -0.1) is 0 Å². The summed E-state index contributed by atoms with van der Waals surface area (Å²) < 4.78 is 5.61. The Labute approximate surface area is 117 Å². The zero-order chi connectivity index (χ0) is 13.8. The van der Waals surface area contributed by atoms with Gasteiger partial charge in [-0.05, 0) is 37.1 Å². The molecule has 2 N–H and O–H groups in total. The lowest BCUT2D eigenvalue weighted by Gasteiger charge is -2.09. The van der Waals surface area contributed by atoms with Gasteiger partial charge in [-0.2, -0.15) is 0 Å². The number of hydrogen-bond donors (Lipinski definition) is 2. The average Bonchev–Trinajstić information content (AvgIpc) is 3.27. The molecule has 2 aromatic rings. The van der Waals surface area contributed by atoms with Crippen LogP contribution in [-0.4, -0.2) is 30.2 Å². The summed E-state index contributed by atoms with van der Waals surface area (Å²) in [7, 11) is 0. The highest BCUT2D eigenvalue weighted by Crippen LogP contribution is 2.19. The third-order valence-electron chi connectivity index (χ3n) is 3.14. The lowest BCUT2D eigenvalue weighted by molar-refractivity contribution is 0.236. The lowest BCUT2D eigenvalue weighted by atomic mass is 10.2. The van der Waals surface area contributed by atoms with Crippen LogP contribution in [0.15, 0.2) is 36.5 Å². The molecule has 1 fully saturated rings. The van der Waals surface area contributed by atoms with Gasteiger partial charge in [0.25, 0.3) is 0 Å². The SMILES string of the molecule is O=C(NCCOc1ccc2ncccc2c1)NC1CC1. The first-order chi connectivity index (χ1) is 9.81. The molecule has 0 atom stereocenters. The minimum atomic E-state index is -0.112. The first-order valence-electron chi connectivity index (χ1n) is 6.83. The number of nitrogens with zero attached hydrogens (tertiary/aromatic N) is 1. The van der Waals surface area contributed by atoms with E-state index in [1.807, 2.05) is 30.3 Å². The third-order valence-corrected chi connectivity index (χ3v) is 3.14. The quantitative estimate of drug-likeness (QED) is 0.818. The molecular weight excluding hydrogens is 254 g/mol. The van der Waals surface area contributed by atoms with Crippen molar-refractivity contribution in [3.05, 3.63) is 36.5 Å². The summed E-state index contributed by atoms with van der Waals surface area (Å²) in [6.45, 7) is 0.938. The number of pyridine rings is 1. The van der Waals surface area contributed by atoms with Crippen LogP contribution in [0, 0.1) is 0 Å². The molecule has 0 bridgehead atoms. The number of hydrogen-bond acceptors (Lipinski definition) is 3. The fourth-order valence-corrected chi connectivity index (χ4v) is 1.94. The van der Waals surface area contributed by atoms with Crippen LogP contribution in [0.1, 0.15) is 12.8 Å². The van der Waals surface area contributed by atoms with Gasteiger partial charge in [0.15, 0.2) is 0 Å². The van der Waals surface area contributed by atoms with E-state index in [1.165, 1.54) is 0 Å². The maximum Gasteiger partial charge on any atom is 0.315 e. The van der Waals surface area contributed by atoms with E-state index in [0.717, 1.165) is 29.5 Å². The summed E-state index contributed by atoms with van der Waals surface area (Å²) >= 11 is 0. The molecule has 1 aromatic carbocycles. The van der Waals surface area contributed by atoms with Crippen LogP contribution in [0.2, 0.25) is 0 Å². The van der Waals surface area contributed by atoms with E-state index < -0.39 is 0 Å². The van der Waals surface area contributed by atoms with Crippen molar-refractivity contribution in [2.45, 2.75) is 18.9 Å². The van der Waals surface area contributed by atoms with Crippen molar-refractivity contribution in [1.82, 2.24) is 15.6 Å². The molecule has 2 amide bonds. The van der Waals surface area contributed by atoms with Gasteiger partial charge >= 0.3 is 6.03 Å². The van der Waals surface area contributed by atoms with Crippen LogP contribution in [0.5, 0.6) is 5.75 Å². The molecule has 0 aliphatic heterocycles. The van der Waals surface area contributed by atoms with Gasteiger partial charge in [-0.1, -0.05) is 6.07 Å². The highest BCUT2D eigenvalue weighted by Gasteiger charge is 2.22. The molecule has 1 saturated carbocycles. The van der Waals surface area contributed by atoms with Crippen LogP contribution in [0.4, 0.5) is 4.79 Å². The molecule has 1 aromatic heterocycles. The minimum Gasteiger partial charge on any atom is -0.492 e. The normalized spacial score (nSPS) is 14.0. The maximum atomic E-state index is 11.4. The summed E-state index contributed by atoms with van der Waals surface area (Å²) in [5.74, 6) is 0.787. The second-order valence-corrected chi connectivity index (χ2v) is 4.88. The van der Waals surface area contributed by atoms with Gasteiger partial charge in [-0.3, -0.25) is 4.98 Å². The summed E-state index contributed by atoms with van der Waals surface area (Å²) in [6.07, 6.45) is 3.95. The van der Waals surface area contributed by atoms with Gasteiger partial charge in [0.2, 0.25) is 0 Å². The Balaban J connectivity index is 1.45. The van der Waals surface area contributed by atoms with Crippen molar-refractivity contribution in [3.63, 3.8) is 0 Å². The molecule has 3 rings (SSSR count). The highest BCUT2D eigenvalue weighted by molar-refractivity contribution is 5.79. The Morgan fingerprint density at radius 1 is 1.35 bits per heavy atom. The van der Waals surface area contributed by atoms with Crippen molar-refractivity contribution < 1.29 is 9.53 Å². The minimum absolute atomic E-state index is 0.112. The molecule has 20 heavy (non-hydrogen) atoms. The number of urea groups is 1. The van der Waals surface area contributed by atoms with Crippen LogP contribution in [0.3, 0.4) is 0 Å². The largest absolute Gasteiger partial charge is 0.492 e. The predicted octanol–water partition coefficient (Wildman–Crippen LogP) is 2.08. The first-order valence-corrected chi connectivity index (χ1v) is 6.83. The van der Waals surface area contributed by atoms with Gasteiger partial charge in [0.1, 0.15) is 12.4 Å². The third kappa shape index (κ3) is 3.38. The number of ether oxygens (including phenoxy) is 1. The Hall–Kier alpha value is -2.30. The van der Waals surface area contributed by atoms with Crippen molar-refractivity contribution in [2.24, 2.45) is 0 Å². The van der Waals surface area contributed by atoms with E-state index in [2.05, 4.69) is 15.6 Å². The van der Waals surface area contributed by atoms with Crippen molar-refractivity contribution in [2.75, 3.05) is 13.2 Å². The molecule has 0 saturated heterocycles. The average molecular weight is 271 g/mol. The van der Waals surface area contributed by atoms with Crippen LogP contribution in [0.25, 0.3) is 10.9 Å². The number of amides is 2. The van der Waals surface area contributed by atoms with E-state index in [-0.39, 0.29) is 6.03 Å². The molecular formula is C15H17N3O2. The van der Waals surface area contributed by atoms with E-state index in [1.54, 1.807) is 6.20 Å². The Bertz CT molecular complexity index is 611. The van der Waals surface area contributed by atoms with Crippen LogP contribution < -0.4 is 15.4 Å². The molecule has 104 valence electrons. The number of carbonyl (C=O) groups excluding carboxylic acids is 1. The number of rotatable bonds is 5. The van der Waals surface area contributed by atoms with Crippen LogP contribution >= 0.6 is 0 Å². The molecule has 0 spiro atoms. The van der Waals surface area contributed by atoms with Gasteiger partial charge < -0.3 is 15.4 Å². The number of aromatic nitrogens is 1. The Morgan fingerprint density at radius 3 is 3.10 bits per heavy atom. The fraction of sp³-hybridized carbons (Fsp3) is 0.333. The Kier molecular flexibility index (Phi) is 3.67. The summed E-state index contributed by atoms with van der Waals surface area (Å²) in [5, 5.41) is 6.68. The van der Waals surface area contributed by atoms with E-state index in [0.29, 0.717) is 19.2 Å². The number of benzene rings is 1. The maximum absolute atomic E-state index is 11.4. The molecule has 1 aliphatic carbocycles. The second-order valence-electron chi connectivity index (χ2n) is 4.88. The summed E-state index contributed by atoms with van der Waals surface area (Å²) in [6, 6.07) is 9.93. The predicted molar refractivity (Wildman–Crippen MR) is 76.8 cm³/mol. The van der Waals surface area contributed by atoms with E-state index in [4.69, 9.17) is 4.74 Å². The van der Waals surface area contributed by atoms with Crippen molar-refractivity contribution >= 4 is 16.9 Å². The van der Waals surface area contributed by atoms with Gasteiger partial charge in [0.05, 0.1) is 12.1 Å². The lowest BCUT2D eigenvalue weighted by Crippen LogP contribution is -2.38. The molecule has 0 radical (unpaired) electrons.